The van der Waals surface area contributed by atoms with Crippen LogP contribution in [0.5, 0.6) is 5.75 Å². The molecule has 0 N–H and O–H groups in total. The minimum atomic E-state index is -0.456. The highest BCUT2D eigenvalue weighted by Gasteiger charge is 2.25. The van der Waals surface area contributed by atoms with E-state index in [1.54, 1.807) is 49.8 Å². The molecule has 0 saturated carbocycles. The van der Waals surface area contributed by atoms with Gasteiger partial charge in [-0.25, -0.2) is 4.98 Å². The van der Waals surface area contributed by atoms with E-state index in [-0.39, 0.29) is 17.7 Å². The third-order valence-corrected chi connectivity index (χ3v) is 6.01. The lowest BCUT2D eigenvalue weighted by molar-refractivity contribution is 0.0959. The normalized spacial score (nSPS) is 11.0. The Kier molecular flexibility index (Phi) is 5.12. The van der Waals surface area contributed by atoms with Gasteiger partial charge in [-0.2, -0.15) is 0 Å². The van der Waals surface area contributed by atoms with Gasteiger partial charge in [0.05, 0.1) is 29.3 Å². The van der Waals surface area contributed by atoms with Crippen molar-refractivity contribution in [2.75, 3.05) is 12.0 Å². The molecule has 5 rings (SSSR count). The molecule has 0 fully saturated rings. The van der Waals surface area contributed by atoms with Gasteiger partial charge in [-0.15, -0.1) is 0 Å². The van der Waals surface area contributed by atoms with Crippen molar-refractivity contribution in [2.24, 2.45) is 0 Å². The predicted octanol–water partition coefficient (Wildman–Crippen LogP) is 4.65. The summed E-state index contributed by atoms with van der Waals surface area (Å²) < 4.78 is 12.0. The number of anilines is 1. The van der Waals surface area contributed by atoms with Gasteiger partial charge in [0.25, 0.3) is 5.91 Å². The molecule has 32 heavy (non-hydrogen) atoms. The number of benzene rings is 2. The van der Waals surface area contributed by atoms with Crippen molar-refractivity contribution in [1.29, 1.82) is 0 Å². The number of carbonyl (C=O) groups is 1. The second-order valence-electron chi connectivity index (χ2n) is 7.05. The monoisotopic (exact) mass is 443 g/mol. The van der Waals surface area contributed by atoms with Crippen molar-refractivity contribution in [3.05, 3.63) is 94.6 Å². The van der Waals surface area contributed by atoms with Crippen LogP contribution in [0, 0.1) is 0 Å². The minimum absolute atomic E-state index is 0.0468. The van der Waals surface area contributed by atoms with Gasteiger partial charge in [0.2, 0.25) is 0 Å². The molecule has 0 aliphatic carbocycles. The van der Waals surface area contributed by atoms with E-state index in [4.69, 9.17) is 9.15 Å². The standard InChI is InChI=1S/C24H17N3O4S/c1-30-16-8-9-18-22(11-16)32-24(26-18)27(14-15-5-4-10-25-13-15)23(29)21-12-19(28)17-6-2-3-7-20(17)31-21/h2-13H,14H2,1H3. The molecule has 0 bridgehead atoms. The molecule has 0 radical (unpaired) electrons. The first-order valence-corrected chi connectivity index (χ1v) is 10.6. The summed E-state index contributed by atoms with van der Waals surface area (Å²) in [5.74, 6) is 0.204. The number of rotatable bonds is 5. The second kappa shape index (κ2) is 8.24. The average molecular weight is 443 g/mol. The summed E-state index contributed by atoms with van der Waals surface area (Å²) in [5, 5.41) is 0.910. The predicted molar refractivity (Wildman–Crippen MR) is 123 cm³/mol. The molecule has 0 atom stereocenters. The van der Waals surface area contributed by atoms with Crippen LogP contribution < -0.4 is 15.1 Å². The van der Waals surface area contributed by atoms with E-state index in [1.807, 2.05) is 24.3 Å². The van der Waals surface area contributed by atoms with Crippen LogP contribution in [0.1, 0.15) is 16.1 Å². The van der Waals surface area contributed by atoms with Gasteiger partial charge in [-0.1, -0.05) is 29.5 Å². The third kappa shape index (κ3) is 3.72. The summed E-state index contributed by atoms with van der Waals surface area (Å²) in [6, 6.07) is 17.3. The molecule has 8 heteroatoms. The van der Waals surface area contributed by atoms with E-state index in [2.05, 4.69) is 9.97 Å². The lowest BCUT2D eigenvalue weighted by Gasteiger charge is -2.19. The number of carbonyl (C=O) groups excluding carboxylic acids is 1. The summed E-state index contributed by atoms with van der Waals surface area (Å²) in [4.78, 5) is 36.4. The maximum absolute atomic E-state index is 13.6. The van der Waals surface area contributed by atoms with Crippen molar-refractivity contribution in [3.63, 3.8) is 0 Å². The van der Waals surface area contributed by atoms with E-state index >= 15 is 0 Å². The van der Waals surface area contributed by atoms with E-state index in [0.717, 1.165) is 15.8 Å². The van der Waals surface area contributed by atoms with Crippen LogP contribution >= 0.6 is 11.3 Å². The van der Waals surface area contributed by atoms with Crippen molar-refractivity contribution >= 4 is 43.6 Å². The first kappa shape index (κ1) is 19.9. The summed E-state index contributed by atoms with van der Waals surface area (Å²) >= 11 is 1.36. The highest BCUT2D eigenvalue weighted by molar-refractivity contribution is 7.22. The van der Waals surface area contributed by atoms with Gasteiger partial charge in [0.1, 0.15) is 11.3 Å². The number of pyridine rings is 1. The maximum Gasteiger partial charge on any atom is 0.296 e. The van der Waals surface area contributed by atoms with Crippen LogP contribution in [-0.4, -0.2) is 23.0 Å². The molecule has 7 nitrogen and oxygen atoms in total. The highest BCUT2D eigenvalue weighted by Crippen LogP contribution is 2.33. The summed E-state index contributed by atoms with van der Waals surface area (Å²) in [6.07, 6.45) is 3.36. The lowest BCUT2D eigenvalue weighted by Crippen LogP contribution is -2.31. The zero-order valence-electron chi connectivity index (χ0n) is 17.0. The summed E-state index contributed by atoms with van der Waals surface area (Å²) in [5.41, 5.74) is 1.65. The van der Waals surface area contributed by atoms with Crippen molar-refractivity contribution < 1.29 is 13.9 Å². The Hall–Kier alpha value is -4.04. The van der Waals surface area contributed by atoms with Gasteiger partial charge < -0.3 is 9.15 Å². The number of hydrogen-bond donors (Lipinski definition) is 0. The van der Waals surface area contributed by atoms with Crippen molar-refractivity contribution in [1.82, 2.24) is 9.97 Å². The number of nitrogens with zero attached hydrogens (tertiary/aromatic N) is 3. The van der Waals surface area contributed by atoms with Crippen molar-refractivity contribution in [2.45, 2.75) is 6.54 Å². The molecule has 0 spiro atoms. The molecule has 0 unspecified atom stereocenters. The molecule has 0 aliphatic heterocycles. The van der Waals surface area contributed by atoms with Gasteiger partial charge in [-0.3, -0.25) is 19.5 Å². The van der Waals surface area contributed by atoms with Gasteiger partial charge in [0.15, 0.2) is 16.3 Å². The Bertz CT molecular complexity index is 1490. The topological polar surface area (TPSA) is 85.5 Å². The Morgan fingerprint density at radius 1 is 1.12 bits per heavy atom. The molecule has 0 saturated heterocycles. The number of ether oxygens (including phenoxy) is 1. The molecular weight excluding hydrogens is 426 g/mol. The quantitative estimate of drug-likeness (QED) is 0.393. The largest absolute Gasteiger partial charge is 0.497 e. The molecule has 3 aromatic heterocycles. The smallest absolute Gasteiger partial charge is 0.296 e. The second-order valence-corrected chi connectivity index (χ2v) is 8.06. The van der Waals surface area contributed by atoms with Crippen LogP contribution in [0.2, 0.25) is 0 Å². The summed E-state index contributed by atoms with van der Waals surface area (Å²) in [7, 11) is 1.60. The third-order valence-electron chi connectivity index (χ3n) is 4.97. The minimum Gasteiger partial charge on any atom is -0.497 e. The Balaban J connectivity index is 1.61. The van der Waals surface area contributed by atoms with Crippen LogP contribution in [0.25, 0.3) is 21.2 Å². The molecule has 2 aromatic carbocycles. The zero-order chi connectivity index (χ0) is 22.1. The maximum atomic E-state index is 13.6. The van der Waals surface area contributed by atoms with Crippen molar-refractivity contribution in [3.8, 4) is 5.75 Å². The van der Waals surface area contributed by atoms with E-state index in [9.17, 15) is 9.59 Å². The number of methoxy groups -OCH3 is 1. The molecule has 0 aliphatic rings. The van der Waals surface area contributed by atoms with Crippen LogP contribution in [0.4, 0.5) is 5.13 Å². The van der Waals surface area contributed by atoms with E-state index < -0.39 is 5.91 Å². The number of hydrogen-bond acceptors (Lipinski definition) is 7. The van der Waals surface area contributed by atoms with E-state index in [1.165, 1.54) is 22.3 Å². The molecule has 1 amide bonds. The summed E-state index contributed by atoms with van der Waals surface area (Å²) in [6.45, 7) is 0.222. The van der Waals surface area contributed by atoms with Gasteiger partial charge >= 0.3 is 0 Å². The molecule has 3 heterocycles. The number of aromatic nitrogens is 2. The molecular formula is C24H17N3O4S. The Morgan fingerprint density at radius 3 is 2.81 bits per heavy atom. The number of para-hydroxylation sites is 1. The SMILES string of the molecule is COc1ccc2nc(N(Cc3cccnc3)C(=O)c3cc(=O)c4ccccc4o3)sc2c1. The Labute approximate surface area is 186 Å². The molecule has 158 valence electrons. The van der Waals surface area contributed by atoms with E-state index in [0.29, 0.717) is 21.9 Å². The van der Waals surface area contributed by atoms with Crippen LogP contribution in [0.15, 0.2) is 82.3 Å². The lowest BCUT2D eigenvalue weighted by atomic mass is 10.2. The average Bonchev–Trinajstić information content (AvgIpc) is 3.25. The fourth-order valence-electron chi connectivity index (χ4n) is 3.38. The first-order valence-electron chi connectivity index (χ1n) is 9.80. The van der Waals surface area contributed by atoms with Crippen LogP contribution in [0.3, 0.4) is 0 Å². The Morgan fingerprint density at radius 2 is 2.00 bits per heavy atom. The first-order chi connectivity index (χ1) is 15.6. The number of amides is 1. The van der Waals surface area contributed by atoms with Crippen LogP contribution in [-0.2, 0) is 6.54 Å². The number of fused-ring (bicyclic) bond motifs is 2. The van der Waals surface area contributed by atoms with Gasteiger partial charge in [0, 0.05) is 18.5 Å². The zero-order valence-corrected chi connectivity index (χ0v) is 17.8. The fraction of sp³-hybridized carbons (Fsp3) is 0.0833. The highest BCUT2D eigenvalue weighted by atomic mass is 32.1. The number of thiazole rings is 1. The fourth-order valence-corrected chi connectivity index (χ4v) is 4.37. The van der Waals surface area contributed by atoms with Gasteiger partial charge in [-0.05, 0) is 42.0 Å². The molecule has 5 aromatic rings.